The molecule has 0 atom stereocenters. The molecule has 4 amide bonds. The zero-order valence-corrected chi connectivity index (χ0v) is 13.7. The zero-order chi connectivity index (χ0) is 18.6. The number of nitrogens with one attached hydrogen (secondary N) is 2. The number of carbonyl (C=O) groups is 3. The van der Waals surface area contributed by atoms with Crippen molar-refractivity contribution >= 4 is 23.5 Å². The van der Waals surface area contributed by atoms with Crippen molar-refractivity contribution in [3.63, 3.8) is 0 Å². The van der Waals surface area contributed by atoms with Crippen LogP contribution < -0.4 is 21.9 Å². The van der Waals surface area contributed by atoms with Gasteiger partial charge in [-0.2, -0.15) is 5.10 Å². The lowest BCUT2D eigenvalue weighted by Gasteiger charge is -2.10. The Hall–Kier alpha value is -3.49. The first kappa shape index (κ1) is 17.9. The summed E-state index contributed by atoms with van der Waals surface area (Å²) in [6.45, 7) is 3.22. The average molecular weight is 343 g/mol. The van der Waals surface area contributed by atoms with Gasteiger partial charge in [0.25, 0.3) is 11.5 Å². The molecule has 1 heterocycles. The molecule has 0 aliphatic carbocycles. The van der Waals surface area contributed by atoms with Crippen LogP contribution in [0.15, 0.2) is 35.1 Å². The Morgan fingerprint density at radius 1 is 1.16 bits per heavy atom. The number of aromatic nitrogens is 2. The molecule has 1 aromatic heterocycles. The highest BCUT2D eigenvalue weighted by Gasteiger charge is 2.12. The molecule has 4 N–H and O–H groups in total. The van der Waals surface area contributed by atoms with Crippen molar-refractivity contribution in [2.45, 2.75) is 20.4 Å². The van der Waals surface area contributed by atoms with Crippen molar-refractivity contribution in [2.24, 2.45) is 5.73 Å². The second-order valence-corrected chi connectivity index (χ2v) is 5.40. The number of hydrogen-bond acceptors (Lipinski definition) is 5. The predicted octanol–water partition coefficient (Wildman–Crippen LogP) is 0.307. The average Bonchev–Trinajstić information content (AvgIpc) is 2.52. The molecule has 9 heteroatoms. The highest BCUT2D eigenvalue weighted by molar-refractivity contribution is 6.01. The smallest absolute Gasteiger partial charge is 0.325 e. The molecular weight excluding hydrogens is 326 g/mol. The Bertz CT molecular complexity index is 904. The minimum atomic E-state index is -0.832. The number of primary amides is 1. The van der Waals surface area contributed by atoms with Crippen LogP contribution in [0.1, 0.15) is 21.6 Å². The van der Waals surface area contributed by atoms with E-state index in [4.69, 9.17) is 5.73 Å². The maximum Gasteiger partial charge on any atom is 0.325 e. The third-order valence-corrected chi connectivity index (χ3v) is 3.30. The maximum absolute atomic E-state index is 11.9. The van der Waals surface area contributed by atoms with E-state index in [-0.39, 0.29) is 5.69 Å². The van der Waals surface area contributed by atoms with E-state index in [1.807, 2.05) is 26.0 Å². The van der Waals surface area contributed by atoms with E-state index in [1.54, 1.807) is 6.07 Å². The Kier molecular flexibility index (Phi) is 5.28. The SMILES string of the molecule is Cc1ccc(NC(=O)NC(=O)Cn2nc(C(N)=O)ccc2=O)c(C)c1. The molecule has 2 rings (SSSR count). The van der Waals surface area contributed by atoms with E-state index >= 15 is 0 Å². The number of anilines is 1. The fraction of sp³-hybridized carbons (Fsp3) is 0.188. The number of hydrogen-bond donors (Lipinski definition) is 3. The lowest BCUT2D eigenvalue weighted by molar-refractivity contribution is -0.120. The number of urea groups is 1. The van der Waals surface area contributed by atoms with Gasteiger partial charge in [0.1, 0.15) is 12.2 Å². The lowest BCUT2D eigenvalue weighted by atomic mass is 10.1. The zero-order valence-electron chi connectivity index (χ0n) is 13.7. The van der Waals surface area contributed by atoms with Gasteiger partial charge in [-0.05, 0) is 31.5 Å². The lowest BCUT2D eigenvalue weighted by Crippen LogP contribution is -2.39. The Morgan fingerprint density at radius 2 is 1.88 bits per heavy atom. The van der Waals surface area contributed by atoms with Gasteiger partial charge in [-0.15, -0.1) is 0 Å². The van der Waals surface area contributed by atoms with Crippen LogP contribution in [0.3, 0.4) is 0 Å². The molecule has 0 aliphatic heterocycles. The van der Waals surface area contributed by atoms with Gasteiger partial charge in [0, 0.05) is 11.8 Å². The molecule has 0 saturated heterocycles. The van der Waals surface area contributed by atoms with Crippen molar-refractivity contribution in [1.29, 1.82) is 0 Å². The summed E-state index contributed by atoms with van der Waals surface area (Å²) in [5.41, 5.74) is 6.75. The van der Waals surface area contributed by atoms with Gasteiger partial charge in [0.15, 0.2) is 0 Å². The minimum absolute atomic E-state index is 0.160. The van der Waals surface area contributed by atoms with Crippen LogP contribution in [0.4, 0.5) is 10.5 Å². The normalized spacial score (nSPS) is 10.2. The summed E-state index contributed by atoms with van der Waals surface area (Å²) in [6, 6.07) is 6.91. The van der Waals surface area contributed by atoms with E-state index in [1.165, 1.54) is 0 Å². The van der Waals surface area contributed by atoms with E-state index < -0.39 is 29.9 Å². The van der Waals surface area contributed by atoms with Crippen molar-refractivity contribution < 1.29 is 14.4 Å². The van der Waals surface area contributed by atoms with E-state index in [0.29, 0.717) is 5.69 Å². The quantitative estimate of drug-likeness (QED) is 0.734. The predicted molar refractivity (Wildman–Crippen MR) is 90.1 cm³/mol. The molecule has 0 unspecified atom stereocenters. The van der Waals surface area contributed by atoms with Gasteiger partial charge in [0.2, 0.25) is 5.91 Å². The molecule has 0 spiro atoms. The number of benzene rings is 1. The number of nitrogens with two attached hydrogens (primary N) is 1. The summed E-state index contributed by atoms with van der Waals surface area (Å²) in [5, 5.41) is 8.30. The summed E-state index contributed by atoms with van der Waals surface area (Å²) >= 11 is 0. The number of imide groups is 1. The van der Waals surface area contributed by atoms with Crippen LogP contribution >= 0.6 is 0 Å². The second-order valence-electron chi connectivity index (χ2n) is 5.40. The molecule has 9 nitrogen and oxygen atoms in total. The number of aryl methyl sites for hydroxylation is 2. The van der Waals surface area contributed by atoms with E-state index in [0.717, 1.165) is 27.9 Å². The number of nitrogens with zero attached hydrogens (tertiary/aromatic N) is 2. The fourth-order valence-electron chi connectivity index (χ4n) is 2.10. The number of rotatable bonds is 4. The molecule has 2 aromatic rings. The molecule has 0 saturated carbocycles. The van der Waals surface area contributed by atoms with Crippen molar-refractivity contribution in [2.75, 3.05) is 5.32 Å². The standard InChI is InChI=1S/C16H17N5O4/c1-9-3-4-11(10(2)7-9)18-16(25)19-13(22)8-21-14(23)6-5-12(20-21)15(17)24/h3-7H,8H2,1-2H3,(H2,17,24)(H2,18,19,22,25). The topological polar surface area (TPSA) is 136 Å². The van der Waals surface area contributed by atoms with Crippen LogP contribution in [-0.4, -0.2) is 27.6 Å². The van der Waals surface area contributed by atoms with Crippen LogP contribution in [0, 0.1) is 13.8 Å². The first-order valence-electron chi connectivity index (χ1n) is 7.32. The Morgan fingerprint density at radius 3 is 2.52 bits per heavy atom. The van der Waals surface area contributed by atoms with Crippen LogP contribution in [0.2, 0.25) is 0 Å². The summed E-state index contributed by atoms with van der Waals surface area (Å²) < 4.78 is 0.750. The third kappa shape index (κ3) is 4.74. The highest BCUT2D eigenvalue weighted by atomic mass is 16.2. The van der Waals surface area contributed by atoms with Gasteiger partial charge in [0.05, 0.1) is 0 Å². The molecule has 25 heavy (non-hydrogen) atoms. The van der Waals surface area contributed by atoms with Gasteiger partial charge in [-0.25, -0.2) is 9.48 Å². The first-order valence-corrected chi connectivity index (χ1v) is 7.32. The maximum atomic E-state index is 11.9. The van der Waals surface area contributed by atoms with Crippen molar-refractivity contribution in [3.05, 3.63) is 57.5 Å². The van der Waals surface area contributed by atoms with E-state index in [9.17, 15) is 19.2 Å². The molecule has 130 valence electrons. The summed E-state index contributed by atoms with van der Waals surface area (Å²) in [5.74, 6) is -1.60. The van der Waals surface area contributed by atoms with Gasteiger partial charge >= 0.3 is 6.03 Å². The fourth-order valence-corrected chi connectivity index (χ4v) is 2.10. The summed E-state index contributed by atoms with van der Waals surface area (Å²) in [4.78, 5) is 46.5. The van der Waals surface area contributed by atoms with Gasteiger partial charge in [-0.3, -0.25) is 19.7 Å². The van der Waals surface area contributed by atoms with Crippen molar-refractivity contribution in [1.82, 2.24) is 15.1 Å². The summed E-state index contributed by atoms with van der Waals surface area (Å²) in [7, 11) is 0. The van der Waals surface area contributed by atoms with Gasteiger partial charge in [-0.1, -0.05) is 17.7 Å². The number of amides is 4. The highest BCUT2D eigenvalue weighted by Crippen LogP contribution is 2.15. The molecular formula is C16H17N5O4. The first-order chi connectivity index (χ1) is 11.8. The third-order valence-electron chi connectivity index (χ3n) is 3.30. The molecule has 0 bridgehead atoms. The Labute approximate surface area is 142 Å². The van der Waals surface area contributed by atoms with Crippen LogP contribution in [0.25, 0.3) is 0 Å². The molecule has 0 fully saturated rings. The second kappa shape index (κ2) is 7.39. The summed E-state index contributed by atoms with van der Waals surface area (Å²) in [6.07, 6.45) is 0. The number of carbonyl (C=O) groups excluding carboxylic acids is 3. The minimum Gasteiger partial charge on any atom is -0.364 e. The van der Waals surface area contributed by atoms with Crippen LogP contribution in [0.5, 0.6) is 0 Å². The van der Waals surface area contributed by atoms with E-state index in [2.05, 4.69) is 15.7 Å². The largest absolute Gasteiger partial charge is 0.364 e. The Balaban J connectivity index is 2.02. The van der Waals surface area contributed by atoms with Crippen molar-refractivity contribution in [3.8, 4) is 0 Å². The molecule has 1 aromatic carbocycles. The molecule has 0 aliphatic rings. The molecule has 0 radical (unpaired) electrons. The van der Waals surface area contributed by atoms with Gasteiger partial charge < -0.3 is 11.1 Å². The van der Waals surface area contributed by atoms with Crippen LogP contribution in [-0.2, 0) is 11.3 Å². The monoisotopic (exact) mass is 343 g/mol.